The number of ether oxygens (including phenoxy) is 1. The van der Waals surface area contributed by atoms with E-state index in [-0.39, 0.29) is 12.1 Å². The number of hydrogen-bond donors (Lipinski definition) is 2. The monoisotopic (exact) mass is 270 g/mol. The predicted molar refractivity (Wildman–Crippen MR) is 72.9 cm³/mol. The second-order valence-electron chi connectivity index (χ2n) is 5.27. The van der Waals surface area contributed by atoms with Crippen LogP contribution in [0.4, 0.5) is 0 Å². The summed E-state index contributed by atoms with van der Waals surface area (Å²) in [6.45, 7) is 3.56. The molecular weight excluding hydrogens is 248 g/mol. The summed E-state index contributed by atoms with van der Waals surface area (Å²) in [7, 11) is 1.69. The zero-order valence-corrected chi connectivity index (χ0v) is 11.9. The SMILES string of the molecule is COCC(C)(CCO)NCc1csc(C2CC2)n1. The molecule has 0 spiro atoms. The van der Waals surface area contributed by atoms with Crippen molar-refractivity contribution in [1.29, 1.82) is 0 Å². The summed E-state index contributed by atoms with van der Waals surface area (Å²) >= 11 is 1.77. The molecule has 1 aliphatic carbocycles. The van der Waals surface area contributed by atoms with Crippen molar-refractivity contribution in [1.82, 2.24) is 10.3 Å². The van der Waals surface area contributed by atoms with Crippen LogP contribution in [0.3, 0.4) is 0 Å². The fourth-order valence-electron chi connectivity index (χ4n) is 2.00. The largest absolute Gasteiger partial charge is 0.396 e. The van der Waals surface area contributed by atoms with Crippen LogP contribution in [0.15, 0.2) is 5.38 Å². The Morgan fingerprint density at radius 1 is 1.61 bits per heavy atom. The average molecular weight is 270 g/mol. The Kier molecular flexibility index (Phi) is 4.72. The average Bonchev–Trinajstić information content (AvgIpc) is 3.07. The molecule has 1 unspecified atom stereocenters. The third kappa shape index (κ3) is 3.75. The molecule has 2 rings (SSSR count). The van der Waals surface area contributed by atoms with Crippen molar-refractivity contribution in [3.63, 3.8) is 0 Å². The lowest BCUT2D eigenvalue weighted by Crippen LogP contribution is -2.46. The smallest absolute Gasteiger partial charge is 0.0959 e. The molecule has 1 fully saturated rings. The number of nitrogens with one attached hydrogen (secondary N) is 1. The van der Waals surface area contributed by atoms with Gasteiger partial charge in [0.2, 0.25) is 0 Å². The summed E-state index contributed by atoms with van der Waals surface area (Å²) < 4.78 is 5.21. The van der Waals surface area contributed by atoms with E-state index in [0.29, 0.717) is 13.0 Å². The molecule has 0 amide bonds. The third-order valence-corrected chi connectivity index (χ3v) is 4.37. The van der Waals surface area contributed by atoms with Gasteiger partial charge in [-0.1, -0.05) is 0 Å². The zero-order chi connectivity index (χ0) is 13.0. The van der Waals surface area contributed by atoms with E-state index in [4.69, 9.17) is 9.84 Å². The number of aliphatic hydroxyl groups is 1. The molecule has 18 heavy (non-hydrogen) atoms. The summed E-state index contributed by atoms with van der Waals surface area (Å²) in [4.78, 5) is 4.65. The topological polar surface area (TPSA) is 54.4 Å². The molecule has 0 aromatic carbocycles. The van der Waals surface area contributed by atoms with E-state index < -0.39 is 0 Å². The van der Waals surface area contributed by atoms with E-state index in [0.717, 1.165) is 18.2 Å². The first-order valence-electron chi connectivity index (χ1n) is 6.46. The lowest BCUT2D eigenvalue weighted by molar-refractivity contribution is 0.0967. The van der Waals surface area contributed by atoms with Gasteiger partial charge in [0, 0.05) is 37.1 Å². The Hall–Kier alpha value is -0.490. The molecule has 1 aromatic heterocycles. The second-order valence-corrected chi connectivity index (χ2v) is 6.16. The summed E-state index contributed by atoms with van der Waals surface area (Å²) in [5.74, 6) is 0.728. The van der Waals surface area contributed by atoms with Crippen molar-refractivity contribution in [2.24, 2.45) is 0 Å². The van der Waals surface area contributed by atoms with Crippen LogP contribution in [0, 0.1) is 0 Å². The van der Waals surface area contributed by atoms with Gasteiger partial charge in [-0.05, 0) is 26.2 Å². The normalized spacial score (nSPS) is 18.8. The molecule has 0 saturated heterocycles. The van der Waals surface area contributed by atoms with Crippen molar-refractivity contribution in [2.75, 3.05) is 20.3 Å². The summed E-state index contributed by atoms with van der Waals surface area (Å²) in [5, 5.41) is 16.0. The summed E-state index contributed by atoms with van der Waals surface area (Å²) in [6.07, 6.45) is 3.28. The lowest BCUT2D eigenvalue weighted by Gasteiger charge is -2.29. The minimum absolute atomic E-state index is 0.164. The van der Waals surface area contributed by atoms with Crippen LogP contribution in [0.25, 0.3) is 0 Å². The molecular formula is C13H22N2O2S. The van der Waals surface area contributed by atoms with E-state index in [1.54, 1.807) is 18.4 Å². The van der Waals surface area contributed by atoms with E-state index in [9.17, 15) is 0 Å². The number of hydrogen-bond acceptors (Lipinski definition) is 5. The molecule has 5 heteroatoms. The maximum Gasteiger partial charge on any atom is 0.0959 e. The highest BCUT2D eigenvalue weighted by atomic mass is 32.1. The van der Waals surface area contributed by atoms with Crippen molar-refractivity contribution < 1.29 is 9.84 Å². The Morgan fingerprint density at radius 3 is 3.00 bits per heavy atom. The zero-order valence-electron chi connectivity index (χ0n) is 11.1. The summed E-state index contributed by atoms with van der Waals surface area (Å²) in [5.41, 5.74) is 0.912. The predicted octanol–water partition coefficient (Wildman–Crippen LogP) is 1.90. The van der Waals surface area contributed by atoms with Crippen molar-refractivity contribution in [3.05, 3.63) is 16.1 Å². The van der Waals surface area contributed by atoms with Gasteiger partial charge in [-0.2, -0.15) is 0 Å². The second kappa shape index (κ2) is 6.10. The number of methoxy groups -OCH3 is 1. The molecule has 0 radical (unpaired) electrons. The van der Waals surface area contributed by atoms with Crippen molar-refractivity contribution in [3.8, 4) is 0 Å². The van der Waals surface area contributed by atoms with E-state index >= 15 is 0 Å². The van der Waals surface area contributed by atoms with Gasteiger partial charge in [-0.15, -0.1) is 11.3 Å². The molecule has 1 atom stereocenters. The molecule has 0 bridgehead atoms. The van der Waals surface area contributed by atoms with Crippen LogP contribution in [0.5, 0.6) is 0 Å². The standard InChI is InChI=1S/C13H22N2O2S/c1-13(5-6-16,9-17-2)14-7-11-8-18-12(15-11)10-3-4-10/h8,10,14,16H,3-7,9H2,1-2H3. The summed E-state index contributed by atoms with van der Waals surface area (Å²) in [6, 6.07) is 0. The van der Waals surface area contributed by atoms with Gasteiger partial charge < -0.3 is 15.2 Å². The molecule has 4 nitrogen and oxygen atoms in total. The van der Waals surface area contributed by atoms with Gasteiger partial charge in [-0.3, -0.25) is 0 Å². The van der Waals surface area contributed by atoms with Crippen molar-refractivity contribution >= 4 is 11.3 Å². The van der Waals surface area contributed by atoms with E-state index in [1.807, 2.05) is 0 Å². The molecule has 1 aliphatic rings. The first kappa shape index (κ1) is 13.9. The van der Waals surface area contributed by atoms with Gasteiger partial charge in [0.1, 0.15) is 0 Å². The maximum atomic E-state index is 9.10. The quantitative estimate of drug-likeness (QED) is 0.757. The van der Waals surface area contributed by atoms with Gasteiger partial charge in [0.25, 0.3) is 0 Å². The van der Waals surface area contributed by atoms with Crippen LogP contribution in [0.1, 0.15) is 42.8 Å². The maximum absolute atomic E-state index is 9.10. The number of rotatable bonds is 8. The highest BCUT2D eigenvalue weighted by molar-refractivity contribution is 7.09. The number of aromatic nitrogens is 1. The fourth-order valence-corrected chi connectivity index (χ4v) is 2.99. The molecule has 1 saturated carbocycles. The minimum atomic E-state index is -0.188. The number of nitrogens with zero attached hydrogens (tertiary/aromatic N) is 1. The highest BCUT2D eigenvalue weighted by Gasteiger charge is 2.27. The Balaban J connectivity index is 1.87. The Morgan fingerprint density at radius 2 is 2.39 bits per heavy atom. The molecule has 1 heterocycles. The van der Waals surface area contributed by atoms with Crippen LogP contribution in [0.2, 0.25) is 0 Å². The van der Waals surface area contributed by atoms with Gasteiger partial charge >= 0.3 is 0 Å². The molecule has 0 aliphatic heterocycles. The van der Waals surface area contributed by atoms with Crippen LogP contribution < -0.4 is 5.32 Å². The highest BCUT2D eigenvalue weighted by Crippen LogP contribution is 2.41. The van der Waals surface area contributed by atoms with Crippen LogP contribution in [-0.2, 0) is 11.3 Å². The fraction of sp³-hybridized carbons (Fsp3) is 0.769. The van der Waals surface area contributed by atoms with Crippen LogP contribution >= 0.6 is 11.3 Å². The molecule has 102 valence electrons. The minimum Gasteiger partial charge on any atom is -0.396 e. The first-order chi connectivity index (χ1) is 8.67. The van der Waals surface area contributed by atoms with Gasteiger partial charge in [0.05, 0.1) is 17.3 Å². The molecule has 2 N–H and O–H groups in total. The number of aliphatic hydroxyl groups excluding tert-OH is 1. The molecule has 1 aromatic rings. The van der Waals surface area contributed by atoms with Crippen molar-refractivity contribution in [2.45, 2.75) is 44.2 Å². The van der Waals surface area contributed by atoms with E-state index in [1.165, 1.54) is 17.8 Å². The Labute approximate surface area is 112 Å². The van der Waals surface area contributed by atoms with Gasteiger partial charge in [0.15, 0.2) is 0 Å². The number of thiazole rings is 1. The van der Waals surface area contributed by atoms with Gasteiger partial charge in [-0.25, -0.2) is 4.98 Å². The van der Waals surface area contributed by atoms with E-state index in [2.05, 4.69) is 22.6 Å². The Bertz CT molecular complexity index is 371. The van der Waals surface area contributed by atoms with Crippen LogP contribution in [-0.4, -0.2) is 36.0 Å². The third-order valence-electron chi connectivity index (χ3n) is 3.32. The lowest BCUT2D eigenvalue weighted by atomic mass is 9.99. The first-order valence-corrected chi connectivity index (χ1v) is 7.34.